The van der Waals surface area contributed by atoms with Gasteiger partial charge in [-0.3, -0.25) is 4.79 Å². The van der Waals surface area contributed by atoms with E-state index in [1.165, 1.54) is 18.0 Å². The van der Waals surface area contributed by atoms with Gasteiger partial charge in [0, 0.05) is 10.6 Å². The first-order valence-electron chi connectivity index (χ1n) is 6.00. The van der Waals surface area contributed by atoms with E-state index in [-0.39, 0.29) is 22.4 Å². The number of benzene rings is 1. The van der Waals surface area contributed by atoms with Gasteiger partial charge in [-0.2, -0.15) is 5.26 Å². The van der Waals surface area contributed by atoms with Gasteiger partial charge in [-0.1, -0.05) is 23.4 Å². The molecule has 1 atom stereocenters. The number of hydrogen-bond acceptors (Lipinski definition) is 6. The Morgan fingerprint density at radius 1 is 1.43 bits per heavy atom. The van der Waals surface area contributed by atoms with Crippen LogP contribution in [0.1, 0.15) is 22.8 Å². The number of carbonyl (C=O) groups excluding carboxylic acids is 1. The summed E-state index contributed by atoms with van der Waals surface area (Å²) >= 11 is 6.98. The summed E-state index contributed by atoms with van der Waals surface area (Å²) in [7, 11) is 0. The van der Waals surface area contributed by atoms with Gasteiger partial charge in [0.2, 0.25) is 0 Å². The second kappa shape index (κ2) is 6.57. The summed E-state index contributed by atoms with van der Waals surface area (Å²) in [4.78, 5) is 20.3. The van der Waals surface area contributed by atoms with Crippen LogP contribution in [0.25, 0.3) is 0 Å². The van der Waals surface area contributed by atoms with E-state index >= 15 is 0 Å². The van der Waals surface area contributed by atoms with E-state index in [2.05, 4.69) is 9.97 Å². The van der Waals surface area contributed by atoms with Gasteiger partial charge in [0.05, 0.1) is 11.4 Å². The van der Waals surface area contributed by atoms with Gasteiger partial charge in [0.1, 0.15) is 17.5 Å². The Labute approximate surface area is 131 Å². The van der Waals surface area contributed by atoms with Crippen molar-refractivity contribution in [2.24, 2.45) is 0 Å². The lowest BCUT2D eigenvalue weighted by molar-refractivity contribution is 0.0994. The molecule has 0 aliphatic heterocycles. The molecule has 0 bridgehead atoms. The van der Waals surface area contributed by atoms with Gasteiger partial charge in [0.15, 0.2) is 10.9 Å². The molecule has 0 amide bonds. The summed E-state index contributed by atoms with van der Waals surface area (Å²) in [5.41, 5.74) is 6.41. The van der Waals surface area contributed by atoms with Gasteiger partial charge in [-0.25, -0.2) is 9.97 Å². The van der Waals surface area contributed by atoms with Crippen LogP contribution in [0.5, 0.6) is 0 Å². The molecule has 106 valence electrons. The fourth-order valence-electron chi connectivity index (χ4n) is 1.58. The molecule has 0 aliphatic carbocycles. The molecule has 0 radical (unpaired) electrons. The van der Waals surface area contributed by atoms with Crippen molar-refractivity contribution in [2.75, 3.05) is 5.73 Å². The minimum absolute atomic E-state index is 0.0526. The van der Waals surface area contributed by atoms with Crippen LogP contribution in [0.3, 0.4) is 0 Å². The zero-order valence-electron chi connectivity index (χ0n) is 11.1. The van der Waals surface area contributed by atoms with Crippen molar-refractivity contribution in [3.8, 4) is 6.07 Å². The van der Waals surface area contributed by atoms with Crippen molar-refractivity contribution in [3.63, 3.8) is 0 Å². The van der Waals surface area contributed by atoms with Crippen molar-refractivity contribution in [3.05, 3.63) is 46.6 Å². The number of nitriles is 1. The SMILES string of the molecule is CC(Sc1ncc(C#N)c(N)n1)C(=O)c1ccc(Cl)cc1. The maximum Gasteiger partial charge on any atom is 0.190 e. The molecule has 0 saturated heterocycles. The average molecular weight is 319 g/mol. The molecule has 2 N–H and O–H groups in total. The number of nitrogens with two attached hydrogens (primary N) is 1. The first-order chi connectivity index (χ1) is 10.0. The fraction of sp³-hybridized carbons (Fsp3) is 0.143. The minimum Gasteiger partial charge on any atom is -0.382 e. The van der Waals surface area contributed by atoms with Crippen LogP contribution >= 0.6 is 23.4 Å². The molecule has 7 heteroatoms. The van der Waals surface area contributed by atoms with Crippen LogP contribution in [0.4, 0.5) is 5.82 Å². The predicted octanol–water partition coefficient (Wildman–Crippen LogP) is 2.95. The van der Waals surface area contributed by atoms with Crippen LogP contribution in [-0.4, -0.2) is 21.0 Å². The summed E-state index contributed by atoms with van der Waals surface area (Å²) in [6, 6.07) is 8.58. The molecule has 0 aliphatic rings. The molecule has 1 aromatic heterocycles. The van der Waals surface area contributed by atoms with Crippen molar-refractivity contribution in [2.45, 2.75) is 17.3 Å². The third-order valence-corrected chi connectivity index (χ3v) is 3.92. The molecule has 2 rings (SSSR count). The topological polar surface area (TPSA) is 92.7 Å². The third-order valence-electron chi connectivity index (χ3n) is 2.70. The Hall–Kier alpha value is -2.10. The highest BCUT2D eigenvalue weighted by molar-refractivity contribution is 8.00. The average Bonchev–Trinajstić information content (AvgIpc) is 2.47. The van der Waals surface area contributed by atoms with Crippen molar-refractivity contribution < 1.29 is 4.79 Å². The molecule has 2 aromatic rings. The molecule has 21 heavy (non-hydrogen) atoms. The number of rotatable bonds is 4. The third kappa shape index (κ3) is 3.72. The Morgan fingerprint density at radius 3 is 2.67 bits per heavy atom. The number of nitrogens with zero attached hydrogens (tertiary/aromatic N) is 3. The number of aromatic nitrogens is 2. The van der Waals surface area contributed by atoms with Gasteiger partial charge < -0.3 is 5.73 Å². The van der Waals surface area contributed by atoms with Gasteiger partial charge in [-0.05, 0) is 31.2 Å². The number of thioether (sulfide) groups is 1. The Balaban J connectivity index is 2.12. The number of carbonyl (C=O) groups is 1. The minimum atomic E-state index is -0.376. The number of ketones is 1. The van der Waals surface area contributed by atoms with Crippen LogP contribution in [-0.2, 0) is 0 Å². The quantitative estimate of drug-likeness (QED) is 0.529. The van der Waals surface area contributed by atoms with E-state index in [4.69, 9.17) is 22.6 Å². The number of nitrogen functional groups attached to an aromatic ring is 1. The van der Waals surface area contributed by atoms with Gasteiger partial charge >= 0.3 is 0 Å². The second-order valence-electron chi connectivity index (χ2n) is 4.19. The second-order valence-corrected chi connectivity index (χ2v) is 5.94. The lowest BCUT2D eigenvalue weighted by Crippen LogP contribution is -2.14. The first-order valence-corrected chi connectivity index (χ1v) is 7.26. The zero-order valence-corrected chi connectivity index (χ0v) is 12.6. The maximum atomic E-state index is 12.3. The van der Waals surface area contributed by atoms with Gasteiger partial charge in [-0.15, -0.1) is 0 Å². The van der Waals surface area contributed by atoms with E-state index in [1.54, 1.807) is 31.2 Å². The normalized spacial score (nSPS) is 11.7. The highest BCUT2D eigenvalue weighted by Gasteiger charge is 2.18. The smallest absolute Gasteiger partial charge is 0.190 e. The fourth-order valence-corrected chi connectivity index (χ4v) is 2.53. The molecule has 0 saturated carbocycles. The summed E-state index contributed by atoms with van der Waals surface area (Å²) in [5, 5.41) is 9.33. The van der Waals surface area contributed by atoms with Crippen molar-refractivity contribution in [1.82, 2.24) is 9.97 Å². The molecule has 0 spiro atoms. The van der Waals surface area contributed by atoms with E-state index in [0.29, 0.717) is 15.7 Å². The van der Waals surface area contributed by atoms with E-state index in [0.717, 1.165) is 0 Å². The van der Waals surface area contributed by atoms with Crippen LogP contribution in [0.2, 0.25) is 5.02 Å². The highest BCUT2D eigenvalue weighted by atomic mass is 35.5. The summed E-state index contributed by atoms with van der Waals surface area (Å²) in [5.74, 6) is 0.0596. The van der Waals surface area contributed by atoms with Gasteiger partial charge in [0.25, 0.3) is 0 Å². The summed E-state index contributed by atoms with van der Waals surface area (Å²) in [6.07, 6.45) is 1.35. The van der Waals surface area contributed by atoms with E-state index < -0.39 is 0 Å². The predicted molar refractivity (Wildman–Crippen MR) is 82.3 cm³/mol. The molecule has 1 unspecified atom stereocenters. The Kier molecular flexibility index (Phi) is 4.78. The monoisotopic (exact) mass is 318 g/mol. The first kappa shape index (κ1) is 15.3. The lowest BCUT2D eigenvalue weighted by Gasteiger charge is -2.09. The molecule has 0 fully saturated rings. The van der Waals surface area contributed by atoms with Crippen molar-refractivity contribution in [1.29, 1.82) is 5.26 Å². The van der Waals surface area contributed by atoms with Crippen LogP contribution < -0.4 is 5.73 Å². The largest absolute Gasteiger partial charge is 0.382 e. The summed E-state index contributed by atoms with van der Waals surface area (Å²) < 4.78 is 0. The molecule has 5 nitrogen and oxygen atoms in total. The van der Waals surface area contributed by atoms with E-state index in [1.807, 2.05) is 6.07 Å². The number of halogens is 1. The van der Waals surface area contributed by atoms with Crippen LogP contribution in [0.15, 0.2) is 35.6 Å². The Morgan fingerprint density at radius 2 is 2.10 bits per heavy atom. The number of anilines is 1. The molecule has 1 aromatic carbocycles. The highest BCUT2D eigenvalue weighted by Crippen LogP contribution is 2.24. The zero-order chi connectivity index (χ0) is 15.4. The number of Topliss-reactive ketones (excluding diaryl/α,β-unsaturated/α-hetero) is 1. The van der Waals surface area contributed by atoms with E-state index in [9.17, 15) is 4.79 Å². The van der Waals surface area contributed by atoms with Crippen molar-refractivity contribution >= 4 is 35.0 Å². The summed E-state index contributed by atoms with van der Waals surface area (Å²) in [6.45, 7) is 1.76. The molecular formula is C14H11ClN4OS. The van der Waals surface area contributed by atoms with Crippen LogP contribution in [0, 0.1) is 11.3 Å². The Bertz CT molecular complexity index is 712. The lowest BCUT2D eigenvalue weighted by atomic mass is 10.1. The molecule has 1 heterocycles. The standard InChI is InChI=1S/C14H11ClN4OS/c1-8(12(20)9-2-4-11(15)5-3-9)21-14-18-7-10(6-16)13(17)19-14/h2-5,7-8H,1H3,(H2,17,18,19). The maximum absolute atomic E-state index is 12.3. The number of hydrogen-bond donors (Lipinski definition) is 1. The molecular weight excluding hydrogens is 308 g/mol.